The Morgan fingerprint density at radius 3 is 2.84 bits per heavy atom. The van der Waals surface area contributed by atoms with Gasteiger partial charge in [-0.25, -0.2) is 4.98 Å². The second-order valence-corrected chi connectivity index (χ2v) is 10.1. The van der Waals surface area contributed by atoms with Crippen molar-refractivity contribution >= 4 is 33.2 Å². The summed E-state index contributed by atoms with van der Waals surface area (Å²) < 4.78 is 0.797. The molecule has 5 rings (SSSR count). The highest BCUT2D eigenvalue weighted by Crippen LogP contribution is 2.53. The van der Waals surface area contributed by atoms with Gasteiger partial charge < -0.3 is 15.0 Å². The Morgan fingerprint density at radius 2 is 2.13 bits per heavy atom. The molecule has 3 aromatic rings. The van der Waals surface area contributed by atoms with Crippen LogP contribution in [0.2, 0.25) is 0 Å². The molecule has 0 saturated heterocycles. The summed E-state index contributed by atoms with van der Waals surface area (Å²) in [7, 11) is 0. The molecule has 0 spiro atoms. The average molecular weight is 500 g/mol. The van der Waals surface area contributed by atoms with Gasteiger partial charge in [0.15, 0.2) is 6.10 Å². The lowest BCUT2D eigenvalue weighted by Crippen LogP contribution is -2.36. The number of thiophene rings is 1. The Bertz CT molecular complexity index is 1190. The number of aromatic amines is 1. The minimum absolute atomic E-state index is 0.161. The number of aliphatic hydroxyl groups is 1. The van der Waals surface area contributed by atoms with Gasteiger partial charge in [-0.3, -0.25) is 9.59 Å². The van der Waals surface area contributed by atoms with E-state index in [1.807, 2.05) is 12.1 Å². The molecule has 1 amide bonds. The lowest BCUT2D eigenvalue weighted by molar-refractivity contribution is -0.141. The zero-order valence-corrected chi connectivity index (χ0v) is 19.2. The molecule has 0 radical (unpaired) electrons. The molecule has 8 heteroatoms. The van der Waals surface area contributed by atoms with E-state index in [0.717, 1.165) is 28.8 Å². The van der Waals surface area contributed by atoms with Crippen LogP contribution in [0.15, 0.2) is 51.0 Å². The predicted octanol–water partition coefficient (Wildman–Crippen LogP) is 3.68. The number of hydrogen-bond acceptors (Lipinski definition) is 5. The van der Waals surface area contributed by atoms with Gasteiger partial charge in [0, 0.05) is 15.9 Å². The molecular formula is C23H22BrN3O3S. The fraction of sp³-hybridized carbons (Fsp3) is 0.348. The van der Waals surface area contributed by atoms with Gasteiger partial charge in [0.25, 0.3) is 11.5 Å². The number of hydrogen-bond donors (Lipinski definition) is 2. The lowest BCUT2D eigenvalue weighted by atomic mass is 10.0. The number of amides is 1. The van der Waals surface area contributed by atoms with Crippen LogP contribution >= 0.6 is 27.3 Å². The fourth-order valence-corrected chi connectivity index (χ4v) is 5.71. The van der Waals surface area contributed by atoms with Gasteiger partial charge in [0.2, 0.25) is 0 Å². The van der Waals surface area contributed by atoms with Gasteiger partial charge in [-0.1, -0.05) is 34.1 Å². The number of aromatic nitrogens is 2. The SMILES string of the molecule is O=C(C(O)c1cccc(Br)c1)N1CCCc2nc(C3(c4cccs4)CC3)[nH]c(=O)c2C1. The van der Waals surface area contributed by atoms with Crippen LogP contribution in [0.1, 0.15) is 52.9 Å². The summed E-state index contributed by atoms with van der Waals surface area (Å²) in [5.41, 5.74) is 1.48. The van der Waals surface area contributed by atoms with E-state index in [0.29, 0.717) is 30.5 Å². The zero-order valence-electron chi connectivity index (χ0n) is 16.8. The van der Waals surface area contributed by atoms with Gasteiger partial charge in [-0.05, 0) is 54.8 Å². The maximum Gasteiger partial charge on any atom is 0.256 e. The van der Waals surface area contributed by atoms with Crippen LogP contribution in [-0.4, -0.2) is 32.4 Å². The topological polar surface area (TPSA) is 86.3 Å². The molecule has 1 fully saturated rings. The fourth-order valence-electron chi connectivity index (χ4n) is 4.30. The number of H-pyrrole nitrogens is 1. The average Bonchev–Trinajstić information content (AvgIpc) is 3.45. The summed E-state index contributed by atoms with van der Waals surface area (Å²) in [5, 5.41) is 12.7. The van der Waals surface area contributed by atoms with Crippen molar-refractivity contribution in [1.29, 1.82) is 0 Å². The summed E-state index contributed by atoms with van der Waals surface area (Å²) in [6.07, 6.45) is 2.05. The molecule has 0 bridgehead atoms. The highest BCUT2D eigenvalue weighted by Gasteiger charge is 2.49. The van der Waals surface area contributed by atoms with Gasteiger partial charge in [0.1, 0.15) is 5.82 Å². The van der Waals surface area contributed by atoms with Crippen molar-refractivity contribution in [2.45, 2.75) is 43.7 Å². The first-order valence-electron chi connectivity index (χ1n) is 10.4. The number of rotatable bonds is 4. The molecule has 1 aliphatic heterocycles. The van der Waals surface area contributed by atoms with Crippen molar-refractivity contribution in [1.82, 2.24) is 14.9 Å². The van der Waals surface area contributed by atoms with Crippen LogP contribution in [-0.2, 0) is 23.2 Å². The zero-order chi connectivity index (χ0) is 21.6. The van der Waals surface area contributed by atoms with Crippen molar-refractivity contribution in [3.8, 4) is 0 Å². The van der Waals surface area contributed by atoms with Crippen molar-refractivity contribution in [2.75, 3.05) is 6.54 Å². The Labute approximate surface area is 192 Å². The van der Waals surface area contributed by atoms with E-state index in [9.17, 15) is 14.7 Å². The second kappa shape index (κ2) is 8.00. The summed E-state index contributed by atoms with van der Waals surface area (Å²) >= 11 is 5.07. The first-order valence-corrected chi connectivity index (χ1v) is 12.0. The molecular weight excluding hydrogens is 478 g/mol. The van der Waals surface area contributed by atoms with E-state index in [-0.39, 0.29) is 17.5 Å². The molecule has 2 aromatic heterocycles. The molecule has 1 atom stereocenters. The van der Waals surface area contributed by atoms with Crippen molar-refractivity contribution < 1.29 is 9.90 Å². The Morgan fingerprint density at radius 1 is 1.29 bits per heavy atom. The van der Waals surface area contributed by atoms with E-state index in [2.05, 4.69) is 32.4 Å². The largest absolute Gasteiger partial charge is 0.378 e. The van der Waals surface area contributed by atoms with Crippen LogP contribution in [0.25, 0.3) is 0 Å². The molecule has 1 unspecified atom stereocenters. The quantitative estimate of drug-likeness (QED) is 0.573. The predicted molar refractivity (Wildman–Crippen MR) is 122 cm³/mol. The third-order valence-electron chi connectivity index (χ3n) is 6.20. The van der Waals surface area contributed by atoms with Crippen LogP contribution < -0.4 is 5.56 Å². The highest BCUT2D eigenvalue weighted by atomic mass is 79.9. The molecule has 3 heterocycles. The molecule has 2 aliphatic rings. The highest BCUT2D eigenvalue weighted by molar-refractivity contribution is 9.10. The number of aryl methyl sites for hydroxylation is 1. The van der Waals surface area contributed by atoms with E-state index >= 15 is 0 Å². The summed E-state index contributed by atoms with van der Waals surface area (Å²) in [5.74, 6) is 0.347. The third-order valence-corrected chi connectivity index (χ3v) is 7.77. The van der Waals surface area contributed by atoms with E-state index in [1.165, 1.54) is 4.88 Å². The standard InChI is InChI=1S/C23H22BrN3O3S/c24-15-5-1-4-14(12-15)19(28)21(30)27-10-2-6-17-16(13-27)20(29)26-22(25-17)23(8-9-23)18-7-3-11-31-18/h1,3-5,7,11-12,19,28H,2,6,8-10,13H2,(H,25,26,29). The van der Waals surface area contributed by atoms with Crippen molar-refractivity contribution in [2.24, 2.45) is 0 Å². The molecule has 1 saturated carbocycles. The molecule has 1 aliphatic carbocycles. The first-order chi connectivity index (χ1) is 15.0. The Balaban J connectivity index is 1.43. The van der Waals surface area contributed by atoms with Crippen LogP contribution in [0.4, 0.5) is 0 Å². The van der Waals surface area contributed by atoms with Gasteiger partial charge in [-0.15, -0.1) is 11.3 Å². The van der Waals surface area contributed by atoms with Crippen molar-refractivity contribution in [3.63, 3.8) is 0 Å². The lowest BCUT2D eigenvalue weighted by Gasteiger charge is -2.24. The van der Waals surface area contributed by atoms with Crippen molar-refractivity contribution in [3.05, 3.63) is 84.1 Å². The second-order valence-electron chi connectivity index (χ2n) is 8.22. The maximum absolute atomic E-state index is 13.0. The smallest absolute Gasteiger partial charge is 0.256 e. The molecule has 2 N–H and O–H groups in total. The third kappa shape index (κ3) is 3.77. The number of nitrogens with zero attached hydrogens (tertiary/aromatic N) is 2. The van der Waals surface area contributed by atoms with Crippen LogP contribution in [0.3, 0.4) is 0 Å². The van der Waals surface area contributed by atoms with Gasteiger partial charge >= 0.3 is 0 Å². The van der Waals surface area contributed by atoms with E-state index < -0.39 is 12.0 Å². The number of fused-ring (bicyclic) bond motifs is 1. The van der Waals surface area contributed by atoms with Gasteiger partial charge in [-0.2, -0.15) is 0 Å². The number of nitrogens with one attached hydrogen (secondary N) is 1. The molecule has 6 nitrogen and oxygen atoms in total. The maximum atomic E-state index is 13.0. The molecule has 31 heavy (non-hydrogen) atoms. The number of benzene rings is 1. The van der Waals surface area contributed by atoms with Crippen LogP contribution in [0, 0.1) is 0 Å². The minimum Gasteiger partial charge on any atom is -0.378 e. The van der Waals surface area contributed by atoms with Crippen LogP contribution in [0.5, 0.6) is 0 Å². The Hall–Kier alpha value is -2.29. The van der Waals surface area contributed by atoms with Gasteiger partial charge in [0.05, 0.1) is 23.2 Å². The molecule has 160 valence electrons. The minimum atomic E-state index is -1.26. The normalized spacial score (nSPS) is 18.2. The number of halogens is 1. The van der Waals surface area contributed by atoms with E-state index in [4.69, 9.17) is 4.98 Å². The monoisotopic (exact) mass is 499 g/mol. The Kier molecular flexibility index (Phi) is 5.32. The number of carbonyl (C=O) groups is 1. The number of aliphatic hydroxyl groups excluding tert-OH is 1. The number of carbonyl (C=O) groups excluding carboxylic acids is 1. The first kappa shape index (κ1) is 20.6. The summed E-state index contributed by atoms with van der Waals surface area (Å²) in [6, 6.07) is 11.2. The molecule has 1 aromatic carbocycles. The summed E-state index contributed by atoms with van der Waals surface area (Å²) in [4.78, 5) is 36.7. The summed E-state index contributed by atoms with van der Waals surface area (Å²) in [6.45, 7) is 0.638. The van der Waals surface area contributed by atoms with E-state index in [1.54, 1.807) is 34.4 Å².